The molecule has 5 rings (SSSR count). The first kappa shape index (κ1) is 18.6. The van der Waals surface area contributed by atoms with Gasteiger partial charge >= 0.3 is 0 Å². The monoisotopic (exact) mass is 396 g/mol. The van der Waals surface area contributed by atoms with Crippen molar-refractivity contribution in [1.82, 2.24) is 19.7 Å². The Kier molecular flexibility index (Phi) is 4.80. The van der Waals surface area contributed by atoms with Crippen LogP contribution in [0.4, 0.5) is 0 Å². The molecule has 1 aromatic carbocycles. The number of morpholine rings is 1. The predicted octanol–water partition coefficient (Wildman–Crippen LogP) is 1.56. The quantitative estimate of drug-likeness (QED) is 0.852. The predicted molar refractivity (Wildman–Crippen MR) is 110 cm³/mol. The van der Waals surface area contributed by atoms with Gasteiger partial charge < -0.3 is 19.5 Å². The van der Waals surface area contributed by atoms with Crippen LogP contribution in [0.3, 0.4) is 0 Å². The summed E-state index contributed by atoms with van der Waals surface area (Å²) in [5, 5.41) is 1.04. The number of ether oxygens (including phenoxy) is 1. The van der Waals surface area contributed by atoms with Crippen LogP contribution in [0.2, 0.25) is 0 Å². The molecule has 3 aliphatic rings. The van der Waals surface area contributed by atoms with Crippen LogP contribution in [0.25, 0.3) is 10.9 Å². The average Bonchev–Trinajstić information content (AvgIpc) is 3.47. The van der Waals surface area contributed by atoms with Gasteiger partial charge in [-0.15, -0.1) is 0 Å². The molecular formula is C22H28N4O3. The third-order valence-corrected chi connectivity index (χ3v) is 6.85. The fourth-order valence-electron chi connectivity index (χ4n) is 5.05. The van der Waals surface area contributed by atoms with E-state index in [9.17, 15) is 9.59 Å². The molecule has 1 aromatic heterocycles. The van der Waals surface area contributed by atoms with Crippen LogP contribution in [0.5, 0.6) is 0 Å². The van der Waals surface area contributed by atoms with E-state index >= 15 is 0 Å². The van der Waals surface area contributed by atoms with Crippen molar-refractivity contribution in [2.24, 2.45) is 5.41 Å². The number of para-hydroxylation sites is 1. The van der Waals surface area contributed by atoms with Crippen molar-refractivity contribution in [1.29, 1.82) is 0 Å². The number of fused-ring (bicyclic) bond motifs is 1. The van der Waals surface area contributed by atoms with Crippen LogP contribution in [0.15, 0.2) is 30.5 Å². The normalized spacial score (nSPS) is 25.6. The molecule has 29 heavy (non-hydrogen) atoms. The average molecular weight is 396 g/mol. The molecule has 1 spiro atoms. The molecule has 1 unspecified atom stereocenters. The molecule has 1 atom stereocenters. The van der Waals surface area contributed by atoms with Crippen LogP contribution >= 0.6 is 0 Å². The maximum atomic E-state index is 13.2. The molecule has 4 heterocycles. The summed E-state index contributed by atoms with van der Waals surface area (Å²) in [6.45, 7) is 7.12. The third kappa shape index (κ3) is 3.32. The number of aromatic nitrogens is 1. The number of nitrogens with one attached hydrogen (secondary N) is 1. The zero-order valence-corrected chi connectivity index (χ0v) is 16.7. The lowest BCUT2D eigenvalue weighted by Crippen LogP contribution is -2.43. The number of H-pyrrole nitrogens is 1. The Balaban J connectivity index is 1.24. The topological polar surface area (TPSA) is 68.9 Å². The zero-order chi connectivity index (χ0) is 19.8. The molecular weight excluding hydrogens is 368 g/mol. The Morgan fingerprint density at radius 1 is 1.07 bits per heavy atom. The van der Waals surface area contributed by atoms with E-state index in [1.54, 1.807) is 0 Å². The van der Waals surface area contributed by atoms with Crippen molar-refractivity contribution >= 4 is 22.7 Å². The van der Waals surface area contributed by atoms with Crippen LogP contribution in [-0.2, 0) is 9.53 Å². The van der Waals surface area contributed by atoms with E-state index < -0.39 is 0 Å². The maximum absolute atomic E-state index is 13.2. The Morgan fingerprint density at radius 3 is 2.76 bits per heavy atom. The summed E-state index contributed by atoms with van der Waals surface area (Å²) in [4.78, 5) is 35.8. The SMILES string of the molecule is O=C(c1cccc2cc[nH]c12)N1CCC2(CCN(CCN3CCOCC3)C2=O)C1. The van der Waals surface area contributed by atoms with Gasteiger partial charge in [-0.2, -0.15) is 0 Å². The van der Waals surface area contributed by atoms with Gasteiger partial charge in [0.25, 0.3) is 5.91 Å². The molecule has 3 fully saturated rings. The lowest BCUT2D eigenvalue weighted by Gasteiger charge is -2.29. The largest absolute Gasteiger partial charge is 0.379 e. The van der Waals surface area contributed by atoms with Gasteiger partial charge in [0.2, 0.25) is 5.91 Å². The number of carbonyl (C=O) groups excluding carboxylic acids is 2. The van der Waals surface area contributed by atoms with E-state index in [1.165, 1.54) is 0 Å². The summed E-state index contributed by atoms with van der Waals surface area (Å²) in [5.74, 6) is 0.258. The Morgan fingerprint density at radius 2 is 1.90 bits per heavy atom. The highest BCUT2D eigenvalue weighted by molar-refractivity contribution is 6.06. The molecule has 1 N–H and O–H groups in total. The van der Waals surface area contributed by atoms with Gasteiger partial charge in [-0.05, 0) is 25.0 Å². The fraction of sp³-hybridized carbons (Fsp3) is 0.545. The lowest BCUT2D eigenvalue weighted by atomic mass is 9.85. The Labute approximate surface area is 170 Å². The summed E-state index contributed by atoms with van der Waals surface area (Å²) in [5.41, 5.74) is 1.19. The molecule has 3 saturated heterocycles. The van der Waals surface area contributed by atoms with Crippen LogP contribution in [0, 0.1) is 5.41 Å². The molecule has 154 valence electrons. The van der Waals surface area contributed by atoms with Gasteiger partial charge in [-0.25, -0.2) is 0 Å². The summed E-state index contributed by atoms with van der Waals surface area (Å²) in [6.07, 6.45) is 3.48. The van der Waals surface area contributed by atoms with Crippen molar-refractivity contribution in [3.8, 4) is 0 Å². The van der Waals surface area contributed by atoms with Crippen molar-refractivity contribution in [3.05, 3.63) is 36.0 Å². The second kappa shape index (κ2) is 7.46. The van der Waals surface area contributed by atoms with E-state index in [1.807, 2.05) is 40.3 Å². The summed E-state index contributed by atoms with van der Waals surface area (Å²) in [7, 11) is 0. The third-order valence-electron chi connectivity index (χ3n) is 6.85. The first-order valence-corrected chi connectivity index (χ1v) is 10.6. The number of amides is 2. The molecule has 7 nitrogen and oxygen atoms in total. The van der Waals surface area contributed by atoms with E-state index in [0.29, 0.717) is 18.7 Å². The molecule has 3 aliphatic heterocycles. The summed E-state index contributed by atoms with van der Waals surface area (Å²) < 4.78 is 5.40. The van der Waals surface area contributed by atoms with Crippen LogP contribution in [-0.4, -0.2) is 90.5 Å². The van der Waals surface area contributed by atoms with Gasteiger partial charge in [0.15, 0.2) is 0 Å². The molecule has 0 saturated carbocycles. The second-order valence-corrected chi connectivity index (χ2v) is 8.50. The number of rotatable bonds is 4. The minimum atomic E-state index is -0.385. The molecule has 7 heteroatoms. The van der Waals surface area contributed by atoms with Gasteiger partial charge in [0.1, 0.15) is 0 Å². The molecule has 0 radical (unpaired) electrons. The van der Waals surface area contributed by atoms with Gasteiger partial charge in [0, 0.05) is 57.4 Å². The number of likely N-dealkylation sites (tertiary alicyclic amines) is 2. The highest BCUT2D eigenvalue weighted by atomic mass is 16.5. The highest BCUT2D eigenvalue weighted by Gasteiger charge is 2.51. The minimum absolute atomic E-state index is 0.0227. The van der Waals surface area contributed by atoms with Crippen molar-refractivity contribution < 1.29 is 14.3 Å². The van der Waals surface area contributed by atoms with Gasteiger partial charge in [-0.1, -0.05) is 12.1 Å². The van der Waals surface area contributed by atoms with E-state index in [-0.39, 0.29) is 17.2 Å². The smallest absolute Gasteiger partial charge is 0.256 e. The van der Waals surface area contributed by atoms with Gasteiger partial charge in [0.05, 0.1) is 29.7 Å². The number of benzene rings is 1. The lowest BCUT2D eigenvalue weighted by molar-refractivity contribution is -0.135. The standard InChI is InChI=1S/C22H28N4O3/c27-20(18-3-1-2-17-4-7-23-19(17)18)26-9-6-22(16-26)5-8-25(21(22)28)11-10-24-12-14-29-15-13-24/h1-4,7,23H,5-6,8-16H2. The second-order valence-electron chi connectivity index (χ2n) is 8.50. The van der Waals surface area contributed by atoms with Crippen LogP contribution in [0.1, 0.15) is 23.2 Å². The Bertz CT molecular complexity index is 920. The number of aromatic amines is 1. The van der Waals surface area contributed by atoms with Crippen molar-refractivity contribution in [2.45, 2.75) is 12.8 Å². The number of carbonyl (C=O) groups is 2. The van der Waals surface area contributed by atoms with E-state index in [4.69, 9.17) is 4.74 Å². The van der Waals surface area contributed by atoms with Crippen molar-refractivity contribution in [2.75, 3.05) is 59.0 Å². The fourth-order valence-corrected chi connectivity index (χ4v) is 5.05. The van der Waals surface area contributed by atoms with E-state index in [0.717, 1.165) is 69.7 Å². The molecule has 2 amide bonds. The number of hydrogen-bond acceptors (Lipinski definition) is 4. The van der Waals surface area contributed by atoms with Crippen LogP contribution < -0.4 is 0 Å². The summed E-state index contributed by atoms with van der Waals surface area (Å²) >= 11 is 0. The zero-order valence-electron chi connectivity index (χ0n) is 16.7. The molecule has 2 aromatic rings. The highest BCUT2D eigenvalue weighted by Crippen LogP contribution is 2.41. The first-order chi connectivity index (χ1) is 14.2. The van der Waals surface area contributed by atoms with E-state index in [2.05, 4.69) is 9.88 Å². The Hall–Kier alpha value is -2.38. The van der Waals surface area contributed by atoms with Gasteiger partial charge in [-0.3, -0.25) is 14.5 Å². The first-order valence-electron chi connectivity index (χ1n) is 10.6. The number of nitrogens with zero attached hydrogens (tertiary/aromatic N) is 3. The minimum Gasteiger partial charge on any atom is -0.379 e. The molecule has 0 aliphatic carbocycles. The number of hydrogen-bond donors (Lipinski definition) is 1. The van der Waals surface area contributed by atoms with Crippen molar-refractivity contribution in [3.63, 3.8) is 0 Å². The summed E-state index contributed by atoms with van der Waals surface area (Å²) in [6, 6.07) is 7.77. The maximum Gasteiger partial charge on any atom is 0.256 e. The molecule has 0 bridgehead atoms.